The van der Waals surface area contributed by atoms with Crippen LogP contribution in [0.3, 0.4) is 0 Å². The van der Waals surface area contributed by atoms with Gasteiger partial charge in [0.25, 0.3) is 0 Å². The highest BCUT2D eigenvalue weighted by atomic mass is 16.4. The molecule has 1 aliphatic carbocycles. The van der Waals surface area contributed by atoms with Gasteiger partial charge in [0.1, 0.15) is 0 Å². The predicted molar refractivity (Wildman–Crippen MR) is 124 cm³/mol. The zero-order valence-electron chi connectivity index (χ0n) is 18.7. The van der Waals surface area contributed by atoms with Gasteiger partial charge < -0.3 is 10.2 Å². The zero-order valence-corrected chi connectivity index (χ0v) is 18.7. The number of aliphatic hydroxyl groups is 1. The van der Waals surface area contributed by atoms with E-state index in [2.05, 4.69) is 52.0 Å². The lowest BCUT2D eigenvalue weighted by molar-refractivity contribution is 0.0697. The van der Waals surface area contributed by atoms with Gasteiger partial charge in [0.15, 0.2) is 0 Å². The second kappa shape index (κ2) is 8.77. The van der Waals surface area contributed by atoms with Crippen molar-refractivity contribution in [3.63, 3.8) is 0 Å². The Bertz CT molecular complexity index is 933. The molecule has 0 saturated carbocycles. The van der Waals surface area contributed by atoms with Gasteiger partial charge in [-0.3, -0.25) is 0 Å². The molecule has 2 N–H and O–H groups in total. The van der Waals surface area contributed by atoms with E-state index in [-0.39, 0.29) is 17.4 Å². The molecular formula is C27H34O3. The van der Waals surface area contributed by atoms with Crippen molar-refractivity contribution in [2.24, 2.45) is 0 Å². The van der Waals surface area contributed by atoms with E-state index < -0.39 is 5.97 Å². The molecule has 0 spiro atoms. The average molecular weight is 407 g/mol. The molecule has 0 bridgehead atoms. The Labute approximate surface area is 180 Å². The zero-order chi connectivity index (χ0) is 21.9. The fourth-order valence-corrected chi connectivity index (χ4v) is 4.40. The van der Waals surface area contributed by atoms with Gasteiger partial charge in [-0.1, -0.05) is 64.1 Å². The van der Waals surface area contributed by atoms with Crippen molar-refractivity contribution in [2.75, 3.05) is 6.61 Å². The van der Waals surface area contributed by atoms with E-state index in [0.29, 0.717) is 5.56 Å². The largest absolute Gasteiger partial charge is 0.478 e. The third kappa shape index (κ3) is 4.84. The molecule has 0 radical (unpaired) electrons. The van der Waals surface area contributed by atoms with Crippen LogP contribution in [0, 0.1) is 0 Å². The quantitative estimate of drug-likeness (QED) is 0.424. The minimum atomic E-state index is -0.906. The summed E-state index contributed by atoms with van der Waals surface area (Å²) in [5, 5.41) is 18.3. The first-order valence-corrected chi connectivity index (χ1v) is 10.9. The first-order chi connectivity index (χ1) is 14.1. The van der Waals surface area contributed by atoms with E-state index in [0.717, 1.165) is 24.8 Å². The molecule has 0 amide bonds. The highest BCUT2D eigenvalue weighted by molar-refractivity contribution is 5.88. The Morgan fingerprint density at radius 3 is 2.10 bits per heavy atom. The molecule has 30 heavy (non-hydrogen) atoms. The smallest absolute Gasteiger partial charge is 0.335 e. The van der Waals surface area contributed by atoms with Crippen LogP contribution in [0.2, 0.25) is 0 Å². The lowest BCUT2D eigenvalue weighted by Crippen LogP contribution is -2.34. The second-order valence-corrected chi connectivity index (χ2v) is 9.81. The molecule has 3 nitrogen and oxygen atoms in total. The van der Waals surface area contributed by atoms with E-state index in [1.165, 1.54) is 35.1 Å². The van der Waals surface area contributed by atoms with Gasteiger partial charge in [-0.05, 0) is 82.9 Å². The molecule has 0 saturated heterocycles. The summed E-state index contributed by atoms with van der Waals surface area (Å²) < 4.78 is 0. The van der Waals surface area contributed by atoms with E-state index in [9.17, 15) is 9.90 Å². The number of benzene rings is 2. The number of aliphatic hydroxyl groups excluding tert-OH is 1. The maximum atomic E-state index is 11.1. The molecule has 0 unspecified atom stereocenters. The highest BCUT2D eigenvalue weighted by Gasteiger charge is 2.37. The fourth-order valence-electron chi connectivity index (χ4n) is 4.40. The van der Waals surface area contributed by atoms with Gasteiger partial charge in [0.2, 0.25) is 0 Å². The molecule has 0 atom stereocenters. The number of carboxylic acid groups (broad SMARTS) is 1. The van der Waals surface area contributed by atoms with Crippen LogP contribution in [0.25, 0.3) is 12.2 Å². The molecule has 0 aromatic heterocycles. The van der Waals surface area contributed by atoms with Gasteiger partial charge in [-0.25, -0.2) is 4.79 Å². The van der Waals surface area contributed by atoms with Gasteiger partial charge in [0, 0.05) is 6.61 Å². The van der Waals surface area contributed by atoms with Gasteiger partial charge in [0.05, 0.1) is 5.56 Å². The molecular weight excluding hydrogens is 372 g/mol. The number of carboxylic acids is 1. The number of rotatable bonds is 7. The second-order valence-electron chi connectivity index (χ2n) is 9.81. The molecule has 160 valence electrons. The van der Waals surface area contributed by atoms with Crippen molar-refractivity contribution in [1.29, 1.82) is 0 Å². The summed E-state index contributed by atoms with van der Waals surface area (Å²) in [6.45, 7) is 9.59. The van der Waals surface area contributed by atoms with Crippen molar-refractivity contribution < 1.29 is 15.0 Å². The van der Waals surface area contributed by atoms with Gasteiger partial charge >= 0.3 is 5.97 Å². The summed E-state index contributed by atoms with van der Waals surface area (Å²) in [6.07, 6.45) is 9.30. The number of aryl methyl sites for hydroxylation is 1. The Kier molecular flexibility index (Phi) is 6.52. The standard InChI is InChI=1S/C27H34O3/c1-26(2)14-15-27(3,4)24-18-22(21(17-23(24)26)7-5-6-16-28)13-10-19-8-11-20(12-9-19)25(29)30/h8-13,17-18,28H,5-7,14-16H2,1-4H3,(H,29,30). The molecule has 1 aliphatic rings. The van der Waals surface area contributed by atoms with Crippen LogP contribution in [0.5, 0.6) is 0 Å². The highest BCUT2D eigenvalue weighted by Crippen LogP contribution is 2.46. The summed E-state index contributed by atoms with van der Waals surface area (Å²) in [6, 6.07) is 11.7. The summed E-state index contributed by atoms with van der Waals surface area (Å²) in [4.78, 5) is 11.1. The number of hydrogen-bond acceptors (Lipinski definition) is 2. The van der Waals surface area contributed by atoms with Crippen LogP contribution < -0.4 is 0 Å². The topological polar surface area (TPSA) is 57.5 Å². The first kappa shape index (κ1) is 22.3. The molecule has 2 aromatic rings. The monoisotopic (exact) mass is 406 g/mol. The van der Waals surface area contributed by atoms with Gasteiger partial charge in [-0.15, -0.1) is 0 Å². The molecule has 0 heterocycles. The van der Waals surface area contributed by atoms with Crippen molar-refractivity contribution in [3.05, 3.63) is 69.8 Å². The summed E-state index contributed by atoms with van der Waals surface area (Å²) in [5.41, 5.74) is 7.05. The molecule has 3 rings (SSSR count). The van der Waals surface area contributed by atoms with Crippen molar-refractivity contribution >= 4 is 18.1 Å². The minimum Gasteiger partial charge on any atom is -0.478 e. The third-order valence-corrected chi connectivity index (χ3v) is 6.58. The number of hydrogen-bond donors (Lipinski definition) is 2. The Hall–Kier alpha value is -2.39. The number of carbonyl (C=O) groups is 1. The van der Waals surface area contributed by atoms with Crippen molar-refractivity contribution in [2.45, 2.75) is 70.6 Å². The SMILES string of the molecule is CC1(C)CCC(C)(C)c2cc(CCCCO)c(C=Cc3ccc(C(=O)O)cc3)cc21. The van der Waals surface area contributed by atoms with E-state index in [1.807, 2.05) is 12.1 Å². The van der Waals surface area contributed by atoms with Crippen LogP contribution in [0.1, 0.15) is 91.6 Å². The number of fused-ring (bicyclic) bond motifs is 1. The first-order valence-electron chi connectivity index (χ1n) is 10.9. The Morgan fingerprint density at radius 1 is 0.933 bits per heavy atom. The summed E-state index contributed by atoms with van der Waals surface area (Å²) in [5.74, 6) is -0.906. The maximum absolute atomic E-state index is 11.1. The number of unbranched alkanes of at least 4 members (excludes halogenated alkanes) is 1. The predicted octanol–water partition coefficient (Wildman–Crippen LogP) is 6.22. The lowest BCUT2D eigenvalue weighted by atomic mass is 9.62. The Balaban J connectivity index is 2.01. The van der Waals surface area contributed by atoms with E-state index in [4.69, 9.17) is 5.11 Å². The van der Waals surface area contributed by atoms with E-state index >= 15 is 0 Å². The Morgan fingerprint density at radius 2 is 1.53 bits per heavy atom. The average Bonchev–Trinajstić information content (AvgIpc) is 2.70. The molecule has 0 fully saturated rings. The van der Waals surface area contributed by atoms with Gasteiger partial charge in [-0.2, -0.15) is 0 Å². The van der Waals surface area contributed by atoms with Crippen molar-refractivity contribution in [1.82, 2.24) is 0 Å². The van der Waals surface area contributed by atoms with Crippen molar-refractivity contribution in [3.8, 4) is 0 Å². The number of aromatic carboxylic acids is 1. The lowest BCUT2D eigenvalue weighted by Gasteiger charge is -2.42. The molecule has 2 aromatic carbocycles. The minimum absolute atomic E-state index is 0.153. The molecule has 0 aliphatic heterocycles. The van der Waals surface area contributed by atoms with Crippen LogP contribution in [-0.2, 0) is 17.3 Å². The van der Waals surface area contributed by atoms with Crippen LogP contribution in [0.4, 0.5) is 0 Å². The fraction of sp³-hybridized carbons (Fsp3) is 0.444. The normalized spacial score (nSPS) is 17.1. The van der Waals surface area contributed by atoms with Crippen LogP contribution >= 0.6 is 0 Å². The van der Waals surface area contributed by atoms with Crippen LogP contribution in [0.15, 0.2) is 36.4 Å². The maximum Gasteiger partial charge on any atom is 0.335 e. The third-order valence-electron chi connectivity index (χ3n) is 6.58. The van der Waals surface area contributed by atoms with Crippen LogP contribution in [-0.4, -0.2) is 22.8 Å². The molecule has 3 heteroatoms. The van der Waals surface area contributed by atoms with E-state index in [1.54, 1.807) is 12.1 Å². The summed E-state index contributed by atoms with van der Waals surface area (Å²) >= 11 is 0. The summed E-state index contributed by atoms with van der Waals surface area (Å²) in [7, 11) is 0.